The molecular formula is C37H63FN2. The van der Waals surface area contributed by atoms with Gasteiger partial charge in [-0.25, -0.2) is 4.39 Å². The van der Waals surface area contributed by atoms with Gasteiger partial charge in [-0.15, -0.1) is 0 Å². The number of allylic oxidation sites excluding steroid dienone is 4. The van der Waals surface area contributed by atoms with Gasteiger partial charge in [-0.3, -0.25) is 4.90 Å². The number of hydrogen-bond donors (Lipinski definition) is 1. The highest BCUT2D eigenvalue weighted by Crippen LogP contribution is 2.40. The average Bonchev–Trinajstić information content (AvgIpc) is 2.90. The van der Waals surface area contributed by atoms with Crippen LogP contribution in [0.15, 0.2) is 47.3 Å². The maximum Gasteiger partial charge on any atom is 0.100 e. The minimum Gasteiger partial charge on any atom is -0.358 e. The molecule has 3 aliphatic rings. The Bertz CT molecular complexity index is 888. The van der Waals surface area contributed by atoms with Crippen molar-refractivity contribution in [2.45, 2.75) is 150 Å². The highest BCUT2D eigenvalue weighted by Gasteiger charge is 2.31. The van der Waals surface area contributed by atoms with Crippen molar-refractivity contribution >= 4 is 0 Å². The fourth-order valence-electron chi connectivity index (χ4n) is 7.47. The third-order valence-electron chi connectivity index (χ3n) is 10.3. The van der Waals surface area contributed by atoms with Gasteiger partial charge in [-0.05, 0) is 100 Å². The molecule has 2 heterocycles. The summed E-state index contributed by atoms with van der Waals surface area (Å²) in [6.45, 7) is 25.4. The van der Waals surface area contributed by atoms with E-state index in [1.54, 1.807) is 0 Å². The minimum atomic E-state index is -0.588. The first-order valence-electron chi connectivity index (χ1n) is 16.9. The van der Waals surface area contributed by atoms with Gasteiger partial charge in [-0.2, -0.15) is 0 Å². The Morgan fingerprint density at radius 3 is 2.52 bits per heavy atom. The SMILES string of the molecule is C=C(CCC(C)(C)C1=C(C)C=C(CC2CCC(F)CC2)C(=C)N1)CN1C[C@@H](C)CC[C@@H]1CCC[C@@H](C)CCCC. The molecule has 0 aromatic rings. The van der Waals surface area contributed by atoms with Crippen LogP contribution >= 0.6 is 0 Å². The molecule has 2 fully saturated rings. The summed E-state index contributed by atoms with van der Waals surface area (Å²) in [6, 6.07) is 0.733. The van der Waals surface area contributed by atoms with Crippen LogP contribution in [0.5, 0.6) is 0 Å². The summed E-state index contributed by atoms with van der Waals surface area (Å²) in [5.74, 6) is 2.26. The molecule has 0 unspecified atom stereocenters. The van der Waals surface area contributed by atoms with Crippen molar-refractivity contribution in [1.29, 1.82) is 0 Å². The third-order valence-corrected chi connectivity index (χ3v) is 10.3. The zero-order valence-corrected chi connectivity index (χ0v) is 27.2. The van der Waals surface area contributed by atoms with E-state index in [9.17, 15) is 4.39 Å². The smallest absolute Gasteiger partial charge is 0.100 e. The predicted molar refractivity (Wildman–Crippen MR) is 173 cm³/mol. The molecule has 0 aromatic heterocycles. The van der Waals surface area contributed by atoms with E-state index in [1.807, 2.05) is 0 Å². The van der Waals surface area contributed by atoms with Crippen LogP contribution in [0.2, 0.25) is 0 Å². The molecule has 0 bridgehead atoms. The van der Waals surface area contributed by atoms with Crippen LogP contribution < -0.4 is 5.32 Å². The molecule has 3 rings (SSSR count). The second-order valence-electron chi connectivity index (χ2n) is 14.7. The van der Waals surface area contributed by atoms with E-state index >= 15 is 0 Å². The molecule has 0 amide bonds. The van der Waals surface area contributed by atoms with Crippen molar-refractivity contribution < 1.29 is 4.39 Å². The average molecular weight is 555 g/mol. The molecule has 1 N–H and O–H groups in total. The topological polar surface area (TPSA) is 15.3 Å². The molecular weight excluding hydrogens is 491 g/mol. The molecule has 3 atom stereocenters. The molecule has 1 saturated heterocycles. The van der Waals surface area contributed by atoms with Crippen molar-refractivity contribution in [1.82, 2.24) is 10.2 Å². The second-order valence-corrected chi connectivity index (χ2v) is 14.7. The fourth-order valence-corrected chi connectivity index (χ4v) is 7.47. The molecule has 2 aliphatic heterocycles. The molecule has 228 valence electrons. The van der Waals surface area contributed by atoms with E-state index < -0.39 is 6.17 Å². The summed E-state index contributed by atoms with van der Waals surface area (Å²) in [5.41, 5.74) is 6.42. The van der Waals surface area contributed by atoms with Crippen molar-refractivity contribution in [3.8, 4) is 0 Å². The van der Waals surface area contributed by atoms with Crippen molar-refractivity contribution in [3.63, 3.8) is 0 Å². The van der Waals surface area contributed by atoms with Crippen LogP contribution in [0, 0.1) is 23.2 Å². The normalized spacial score (nSPS) is 27.4. The van der Waals surface area contributed by atoms with Crippen LogP contribution in [-0.4, -0.2) is 30.2 Å². The molecule has 0 radical (unpaired) electrons. The zero-order chi connectivity index (χ0) is 29.3. The lowest BCUT2D eigenvalue weighted by Gasteiger charge is -2.40. The van der Waals surface area contributed by atoms with Crippen LogP contribution in [0.1, 0.15) is 138 Å². The van der Waals surface area contributed by atoms with Gasteiger partial charge < -0.3 is 5.32 Å². The first-order chi connectivity index (χ1) is 19.0. The van der Waals surface area contributed by atoms with E-state index in [0.717, 1.165) is 75.1 Å². The maximum atomic E-state index is 13.6. The summed E-state index contributed by atoms with van der Waals surface area (Å²) in [6.07, 6.45) is 19.3. The molecule has 1 aliphatic carbocycles. The quantitative estimate of drug-likeness (QED) is 0.203. The Hall–Kier alpha value is -1.35. The van der Waals surface area contributed by atoms with E-state index in [0.29, 0.717) is 5.92 Å². The number of nitrogens with one attached hydrogen (secondary N) is 1. The number of hydrogen-bond acceptors (Lipinski definition) is 2. The van der Waals surface area contributed by atoms with Gasteiger partial charge in [0.25, 0.3) is 0 Å². The number of rotatable bonds is 15. The summed E-state index contributed by atoms with van der Waals surface area (Å²) in [7, 11) is 0. The number of halogens is 1. The molecule has 1 saturated carbocycles. The van der Waals surface area contributed by atoms with Crippen molar-refractivity contribution in [2.24, 2.45) is 23.2 Å². The summed E-state index contributed by atoms with van der Waals surface area (Å²) in [4.78, 5) is 2.77. The summed E-state index contributed by atoms with van der Waals surface area (Å²) < 4.78 is 13.6. The van der Waals surface area contributed by atoms with E-state index in [1.165, 1.54) is 80.3 Å². The Morgan fingerprint density at radius 1 is 1.12 bits per heavy atom. The van der Waals surface area contributed by atoms with Gasteiger partial charge in [0, 0.05) is 35.9 Å². The highest BCUT2D eigenvalue weighted by molar-refractivity contribution is 5.45. The van der Waals surface area contributed by atoms with Gasteiger partial charge >= 0.3 is 0 Å². The van der Waals surface area contributed by atoms with Crippen molar-refractivity contribution in [2.75, 3.05) is 13.1 Å². The van der Waals surface area contributed by atoms with Crippen LogP contribution in [0.3, 0.4) is 0 Å². The second kappa shape index (κ2) is 15.8. The number of unbranched alkanes of at least 4 members (excludes halogenated alkanes) is 1. The summed E-state index contributed by atoms with van der Waals surface area (Å²) >= 11 is 0. The Morgan fingerprint density at radius 2 is 1.82 bits per heavy atom. The first-order valence-corrected chi connectivity index (χ1v) is 16.9. The van der Waals surface area contributed by atoms with Crippen LogP contribution in [-0.2, 0) is 0 Å². The molecule has 3 heteroatoms. The van der Waals surface area contributed by atoms with Crippen molar-refractivity contribution in [3.05, 3.63) is 47.3 Å². The number of likely N-dealkylation sites (tertiary alicyclic amines) is 1. The molecule has 40 heavy (non-hydrogen) atoms. The monoisotopic (exact) mass is 554 g/mol. The van der Waals surface area contributed by atoms with E-state index in [2.05, 4.69) is 71.0 Å². The largest absolute Gasteiger partial charge is 0.358 e. The number of piperidine rings is 1. The van der Waals surface area contributed by atoms with Gasteiger partial charge in [0.05, 0.1) is 0 Å². The zero-order valence-electron chi connectivity index (χ0n) is 27.2. The fraction of sp³-hybridized carbons (Fsp3) is 0.784. The maximum absolute atomic E-state index is 13.6. The summed E-state index contributed by atoms with van der Waals surface area (Å²) in [5, 5.41) is 3.72. The lowest BCUT2D eigenvalue weighted by molar-refractivity contribution is 0.114. The van der Waals surface area contributed by atoms with Crippen LogP contribution in [0.25, 0.3) is 0 Å². The predicted octanol–water partition coefficient (Wildman–Crippen LogP) is 10.7. The lowest BCUT2D eigenvalue weighted by Crippen LogP contribution is -2.43. The molecule has 0 aromatic carbocycles. The standard InChI is InChI=1S/C37H63FN2/c1-9-10-12-27(2)13-11-14-35-20-15-28(3)25-40(35)26-29(4)21-22-37(7,8)36-30(5)23-33(31(6)39-36)24-32-16-18-34(38)19-17-32/h23,27-28,32,34-35,39H,4,6,9-22,24-26H2,1-3,5,7-8H3/t27-,28-,32?,34?,35-/m0/s1. The van der Waals surface area contributed by atoms with Crippen LogP contribution in [0.4, 0.5) is 4.39 Å². The van der Waals surface area contributed by atoms with Gasteiger partial charge in [0.15, 0.2) is 0 Å². The number of dihydropyridines is 1. The molecule has 0 spiro atoms. The number of alkyl halides is 1. The Labute approximate surface area is 248 Å². The van der Waals surface area contributed by atoms with Gasteiger partial charge in [-0.1, -0.05) is 91.5 Å². The third kappa shape index (κ3) is 10.2. The van der Waals surface area contributed by atoms with Gasteiger partial charge in [0.1, 0.15) is 6.17 Å². The van der Waals surface area contributed by atoms with E-state index in [-0.39, 0.29) is 5.41 Å². The van der Waals surface area contributed by atoms with E-state index in [4.69, 9.17) is 0 Å². The first kappa shape index (κ1) is 33.2. The van der Waals surface area contributed by atoms with Gasteiger partial charge in [0.2, 0.25) is 0 Å². The highest BCUT2D eigenvalue weighted by atomic mass is 19.1. The minimum absolute atomic E-state index is 0.0352. The Balaban J connectivity index is 1.52. The Kier molecular flexibility index (Phi) is 13.1. The lowest BCUT2D eigenvalue weighted by atomic mass is 9.78. The number of nitrogens with zero attached hydrogens (tertiary/aromatic N) is 1. The molecule has 2 nitrogen and oxygen atoms in total.